The number of hydrogen-bond donors (Lipinski definition) is 1. The number of nitrogens with two attached hydrogens (primary N) is 1. The van der Waals surface area contributed by atoms with Crippen LogP contribution in [0.15, 0.2) is 46.1 Å². The zero-order valence-electron chi connectivity index (χ0n) is 15.8. The Kier molecular flexibility index (Phi) is 5.93. The average Bonchev–Trinajstić information content (AvgIpc) is 3.13. The number of amidine groups is 1. The van der Waals surface area contributed by atoms with Gasteiger partial charge in [-0.3, -0.25) is 4.79 Å². The van der Waals surface area contributed by atoms with Crippen LogP contribution in [-0.4, -0.2) is 42.3 Å². The van der Waals surface area contributed by atoms with E-state index >= 15 is 0 Å². The van der Waals surface area contributed by atoms with Gasteiger partial charge in [0.1, 0.15) is 0 Å². The number of amides is 1. The summed E-state index contributed by atoms with van der Waals surface area (Å²) in [6.07, 6.45) is 1.88. The number of primary amides is 1. The molecule has 0 aromatic heterocycles. The Morgan fingerprint density at radius 3 is 2.79 bits per heavy atom. The van der Waals surface area contributed by atoms with Crippen LogP contribution in [0.4, 0.5) is 0 Å². The molecule has 0 fully saturated rings. The van der Waals surface area contributed by atoms with Crippen molar-refractivity contribution in [1.82, 2.24) is 4.90 Å². The molecule has 2 N–H and O–H groups in total. The predicted molar refractivity (Wildman–Crippen MR) is 106 cm³/mol. The molecule has 1 aromatic rings. The molecular weight excluding hydrogens is 382 g/mol. The number of esters is 1. The molecule has 9 heteroatoms. The molecule has 2 aliphatic heterocycles. The third-order valence-corrected chi connectivity index (χ3v) is 4.96. The van der Waals surface area contributed by atoms with E-state index in [1.54, 1.807) is 26.0 Å². The van der Waals surface area contributed by atoms with E-state index < -0.39 is 17.9 Å². The number of aliphatic imine (C=N–C) groups is 1. The van der Waals surface area contributed by atoms with Crippen molar-refractivity contribution in [2.75, 3.05) is 20.3 Å². The van der Waals surface area contributed by atoms with Gasteiger partial charge >= 0.3 is 5.97 Å². The van der Waals surface area contributed by atoms with Gasteiger partial charge in [-0.1, -0.05) is 17.8 Å². The van der Waals surface area contributed by atoms with E-state index in [1.807, 2.05) is 22.6 Å². The van der Waals surface area contributed by atoms with Crippen molar-refractivity contribution in [3.63, 3.8) is 0 Å². The average molecular weight is 403 g/mol. The number of ether oxygens (including phenoxy) is 3. The first-order chi connectivity index (χ1) is 13.5. The van der Waals surface area contributed by atoms with Gasteiger partial charge in [-0.2, -0.15) is 0 Å². The summed E-state index contributed by atoms with van der Waals surface area (Å²) in [7, 11) is 1.50. The van der Waals surface area contributed by atoms with Crippen LogP contribution in [-0.2, 0) is 14.3 Å². The molecule has 0 saturated carbocycles. The third-order valence-electron chi connectivity index (χ3n) is 4.19. The van der Waals surface area contributed by atoms with Crippen LogP contribution in [0.25, 0.3) is 0 Å². The van der Waals surface area contributed by atoms with Gasteiger partial charge in [0.2, 0.25) is 0 Å². The lowest BCUT2D eigenvalue weighted by atomic mass is 9.94. The molecule has 0 radical (unpaired) electrons. The number of hydrogen-bond acceptors (Lipinski definition) is 8. The van der Waals surface area contributed by atoms with Crippen molar-refractivity contribution in [2.24, 2.45) is 10.7 Å². The zero-order chi connectivity index (χ0) is 20.3. The first-order valence-corrected chi connectivity index (χ1v) is 9.51. The number of allylic oxidation sites excluding steroid dienone is 1. The van der Waals surface area contributed by atoms with E-state index in [4.69, 9.17) is 19.9 Å². The van der Waals surface area contributed by atoms with Crippen molar-refractivity contribution < 1.29 is 23.8 Å². The van der Waals surface area contributed by atoms with Crippen LogP contribution in [0.2, 0.25) is 0 Å². The van der Waals surface area contributed by atoms with Crippen molar-refractivity contribution in [3.05, 3.63) is 46.6 Å². The van der Waals surface area contributed by atoms with Crippen molar-refractivity contribution in [3.8, 4) is 11.5 Å². The Labute approximate surface area is 167 Å². The maximum absolute atomic E-state index is 12.7. The first kappa shape index (κ1) is 19.8. The Morgan fingerprint density at radius 1 is 1.32 bits per heavy atom. The van der Waals surface area contributed by atoms with Crippen LogP contribution in [0.5, 0.6) is 11.5 Å². The highest BCUT2D eigenvalue weighted by Gasteiger charge is 2.37. The fraction of sp³-hybridized carbons (Fsp3) is 0.316. The summed E-state index contributed by atoms with van der Waals surface area (Å²) in [5.41, 5.74) is 7.01. The monoisotopic (exact) mass is 403 g/mol. The van der Waals surface area contributed by atoms with Gasteiger partial charge < -0.3 is 24.8 Å². The highest BCUT2D eigenvalue weighted by atomic mass is 32.2. The summed E-state index contributed by atoms with van der Waals surface area (Å²) in [5.74, 6) is -0.174. The maximum Gasteiger partial charge on any atom is 0.338 e. The fourth-order valence-electron chi connectivity index (χ4n) is 3.02. The normalized spacial score (nSPS) is 17.9. The number of thioether (sulfide) groups is 1. The quantitative estimate of drug-likeness (QED) is 0.697. The van der Waals surface area contributed by atoms with Gasteiger partial charge in [0.05, 0.1) is 31.0 Å². The fourth-order valence-corrected chi connectivity index (χ4v) is 3.81. The molecule has 0 aliphatic carbocycles. The highest BCUT2D eigenvalue weighted by molar-refractivity contribution is 8.16. The smallest absolute Gasteiger partial charge is 0.338 e. The van der Waals surface area contributed by atoms with Crippen molar-refractivity contribution in [1.29, 1.82) is 0 Å². The number of rotatable bonds is 7. The largest absolute Gasteiger partial charge is 0.493 e. The van der Waals surface area contributed by atoms with Crippen LogP contribution < -0.4 is 15.2 Å². The molecule has 28 heavy (non-hydrogen) atoms. The van der Waals surface area contributed by atoms with E-state index in [2.05, 4.69) is 4.99 Å². The Bertz CT molecular complexity index is 894. The number of benzene rings is 1. The Balaban J connectivity index is 2.03. The lowest BCUT2D eigenvalue weighted by Crippen LogP contribution is -2.34. The van der Waals surface area contributed by atoms with Crippen LogP contribution in [0.3, 0.4) is 0 Å². The maximum atomic E-state index is 12.7. The first-order valence-electron chi connectivity index (χ1n) is 8.63. The molecule has 0 unspecified atom stereocenters. The van der Waals surface area contributed by atoms with Crippen LogP contribution in [0, 0.1) is 0 Å². The minimum atomic E-state index is -0.582. The molecule has 148 valence electrons. The number of methoxy groups -OCH3 is 1. The zero-order valence-corrected chi connectivity index (χ0v) is 16.6. The summed E-state index contributed by atoms with van der Waals surface area (Å²) >= 11 is 1.48. The minimum Gasteiger partial charge on any atom is -0.493 e. The van der Waals surface area contributed by atoms with Gasteiger partial charge in [-0.15, -0.1) is 0 Å². The third kappa shape index (κ3) is 3.84. The van der Waals surface area contributed by atoms with E-state index in [-0.39, 0.29) is 13.2 Å². The predicted octanol–water partition coefficient (Wildman–Crippen LogP) is 2.33. The second kappa shape index (κ2) is 8.39. The lowest BCUT2D eigenvalue weighted by molar-refractivity contribution is -0.139. The molecule has 0 spiro atoms. The van der Waals surface area contributed by atoms with E-state index in [0.29, 0.717) is 22.8 Å². The molecule has 1 aromatic carbocycles. The van der Waals surface area contributed by atoms with Crippen molar-refractivity contribution in [2.45, 2.75) is 19.9 Å². The topological polar surface area (TPSA) is 103 Å². The molecule has 2 aliphatic rings. The molecule has 0 saturated heterocycles. The van der Waals surface area contributed by atoms with Crippen molar-refractivity contribution >= 4 is 28.8 Å². The molecule has 3 rings (SSSR count). The summed E-state index contributed by atoms with van der Waals surface area (Å²) in [6.45, 7) is 3.57. The Morgan fingerprint density at radius 2 is 2.11 bits per heavy atom. The van der Waals surface area contributed by atoms with Crippen LogP contribution >= 0.6 is 11.8 Å². The number of fused-ring (bicyclic) bond motifs is 1. The summed E-state index contributed by atoms with van der Waals surface area (Å²) in [4.78, 5) is 30.1. The second-order valence-electron chi connectivity index (χ2n) is 5.99. The standard InChI is InChI=1S/C19H21N3O5S/c1-4-26-18(24)16-11(2)21-19-22(7-8-28-19)17(16)12-5-6-13(14(9-12)25-3)27-10-15(20)23/h5-9,17H,4,10H2,1-3H3,(H2,20,23)/t17-/m1/s1. The van der Waals surface area contributed by atoms with Crippen LogP contribution in [0.1, 0.15) is 25.5 Å². The molecule has 2 heterocycles. The molecular formula is C19H21N3O5S. The van der Waals surface area contributed by atoms with E-state index in [1.165, 1.54) is 18.9 Å². The summed E-state index contributed by atoms with van der Waals surface area (Å²) in [6, 6.07) is 4.85. The molecule has 0 bridgehead atoms. The highest BCUT2D eigenvalue weighted by Crippen LogP contribution is 2.43. The molecule has 8 nitrogen and oxygen atoms in total. The van der Waals surface area contributed by atoms with Gasteiger partial charge in [0.15, 0.2) is 23.3 Å². The SMILES string of the molecule is CCOC(=O)C1=C(C)N=C2SC=CN2[C@@H]1c1ccc(OCC(N)=O)c(OC)c1. The van der Waals surface area contributed by atoms with Gasteiger partial charge in [0.25, 0.3) is 5.91 Å². The minimum absolute atomic E-state index is 0.255. The Hall–Kier alpha value is -2.94. The second-order valence-corrected chi connectivity index (χ2v) is 6.87. The van der Waals surface area contributed by atoms with Gasteiger partial charge in [-0.25, -0.2) is 9.79 Å². The summed E-state index contributed by atoms with van der Waals surface area (Å²) in [5, 5.41) is 2.69. The number of nitrogens with zero attached hydrogens (tertiary/aromatic N) is 2. The lowest BCUT2D eigenvalue weighted by Gasteiger charge is -2.33. The van der Waals surface area contributed by atoms with E-state index in [9.17, 15) is 9.59 Å². The molecule has 1 amide bonds. The summed E-state index contributed by atoms with van der Waals surface area (Å²) < 4.78 is 16.1. The van der Waals surface area contributed by atoms with Gasteiger partial charge in [-0.05, 0) is 37.0 Å². The molecule has 1 atom stereocenters. The van der Waals surface area contributed by atoms with Gasteiger partial charge in [0, 0.05) is 6.20 Å². The number of carbonyl (C=O) groups is 2. The van der Waals surface area contributed by atoms with E-state index in [0.717, 1.165) is 10.7 Å². The number of carbonyl (C=O) groups excluding carboxylic acids is 2.